The largest absolute Gasteiger partial charge is 0.762 e. The van der Waals surface area contributed by atoms with Gasteiger partial charge in [-0.15, -0.1) is 0 Å². The van der Waals surface area contributed by atoms with Gasteiger partial charge in [0.1, 0.15) is 0 Å². The minimum absolute atomic E-state index is 0.792. The molecule has 0 bridgehead atoms. The molecule has 0 aliphatic heterocycles. The van der Waals surface area contributed by atoms with Crippen LogP contribution in [0.15, 0.2) is 0 Å². The molecule has 1 aliphatic carbocycles. The molecule has 10 heavy (non-hydrogen) atoms. The minimum Gasteiger partial charge on any atom is -0.254 e. The predicted octanol–water partition coefficient (Wildman–Crippen LogP) is 2.25. The first-order valence-electron chi connectivity index (χ1n) is 3.28. The van der Waals surface area contributed by atoms with Crippen LogP contribution in [0.1, 0.15) is 20.3 Å². The molecule has 0 aromatic rings. The Bertz CT molecular complexity index is 104. The fraction of sp³-hybridized carbons (Fsp3) is 1.00. The third-order valence-corrected chi connectivity index (χ3v) is 5.08. The van der Waals surface area contributed by atoms with E-state index in [1.165, 1.54) is 6.43 Å². The van der Waals surface area contributed by atoms with E-state index < -0.39 is 7.54 Å². The van der Waals surface area contributed by atoms with Gasteiger partial charge in [0, 0.05) is 0 Å². The third-order valence-electron chi connectivity index (χ3n) is 2.01. The van der Waals surface area contributed by atoms with E-state index in [1.54, 1.807) is 0 Å². The molecule has 0 saturated heterocycles. The van der Waals surface area contributed by atoms with Crippen LogP contribution < -0.4 is 0 Å². The quantitative estimate of drug-likeness (QED) is 0.496. The van der Waals surface area contributed by atoms with Crippen molar-refractivity contribution in [2.45, 2.75) is 20.3 Å². The van der Waals surface area contributed by atoms with Crippen LogP contribution >= 0.6 is 0 Å². The van der Waals surface area contributed by atoms with Gasteiger partial charge in [-0.2, -0.15) is 0 Å². The molecular formula is C5H9BF3K. The molecule has 5 heteroatoms. The molecule has 0 radical (unpaired) electrons. The Hall–Kier alpha value is 1.49. The first-order chi connectivity index (χ1) is 4.36. The summed E-state index contributed by atoms with van der Waals surface area (Å²) < 4.78 is 30.2. The van der Waals surface area contributed by atoms with E-state index in [9.17, 15) is 12.9 Å². The van der Waals surface area contributed by atoms with E-state index >= 15 is 0 Å². The topological polar surface area (TPSA) is 0 Å². The fourth-order valence-electron chi connectivity index (χ4n) is 0.730. The van der Waals surface area contributed by atoms with Gasteiger partial charge in [0.15, 0.2) is 0 Å². The summed E-state index contributed by atoms with van der Waals surface area (Å²) in [6, 6.07) is 0. The minimum atomic E-state index is -3.67. The predicted molar refractivity (Wildman–Crippen MR) is 37.0 cm³/mol. The van der Waals surface area contributed by atoms with E-state index in [4.69, 9.17) is 0 Å². The van der Waals surface area contributed by atoms with Crippen LogP contribution in [-0.2, 0) is 0 Å². The van der Waals surface area contributed by atoms with Crippen LogP contribution in [0.3, 0.4) is 0 Å². The van der Waals surface area contributed by atoms with Crippen molar-refractivity contribution >= 4 is 56.5 Å². The van der Waals surface area contributed by atoms with E-state index in [0.29, 0.717) is 0 Å². The van der Waals surface area contributed by atoms with Crippen LogP contribution in [0.5, 0.6) is 0 Å². The summed E-state index contributed by atoms with van der Waals surface area (Å²) in [5.41, 5.74) is 0.792. The van der Waals surface area contributed by atoms with Crippen molar-refractivity contribution in [2.24, 2.45) is 5.41 Å². The van der Waals surface area contributed by atoms with Crippen molar-refractivity contribution in [1.82, 2.24) is 0 Å². The Kier molecular flexibility index (Phi) is 5.17. The van der Waals surface area contributed by atoms with E-state index in [-0.39, 0.29) is 0 Å². The smallest absolute Gasteiger partial charge is 0.254 e. The second kappa shape index (κ2) is 4.50. The Labute approximate surface area is 93.7 Å². The molecule has 1 rings (SSSR count). The van der Waals surface area contributed by atoms with Crippen molar-refractivity contribution in [1.29, 1.82) is 0 Å². The Morgan fingerprint density at radius 2 is 1.50 bits per heavy atom. The monoisotopic (exact) mass is 176 g/mol. The summed E-state index contributed by atoms with van der Waals surface area (Å²) in [6.45, 7) is 4.73. The maximum Gasteiger partial charge on any atom is 0.762 e. The van der Waals surface area contributed by atoms with Crippen molar-refractivity contribution < 1.29 is 12.9 Å². The van der Waals surface area contributed by atoms with Gasteiger partial charge in [0.25, 0.3) is 0 Å². The summed E-state index contributed by atoms with van der Waals surface area (Å²) >= 11 is 1.11. The Balaban J connectivity index is 0.000000180. The maximum absolute atomic E-state index is 9.67. The fourth-order valence-corrected chi connectivity index (χ4v) is 2.37. The van der Waals surface area contributed by atoms with Crippen LogP contribution in [0.4, 0.5) is 12.9 Å². The summed E-state index contributed by atoms with van der Waals surface area (Å²) in [5, 5.41) is 0. The molecule has 0 spiro atoms. The second-order valence-corrected chi connectivity index (χ2v) is 5.52. The average molecular weight is 176 g/mol. The zero-order valence-electron chi connectivity index (χ0n) is 6.50. The first-order valence-corrected chi connectivity index (χ1v) is 5.09. The molecule has 0 heterocycles. The average Bonchev–Trinajstić information content (AvgIpc) is 2.08. The van der Waals surface area contributed by atoms with Crippen molar-refractivity contribution in [3.05, 3.63) is 0 Å². The van der Waals surface area contributed by atoms with Gasteiger partial charge < -0.3 is 0 Å². The van der Waals surface area contributed by atoms with E-state index in [0.717, 1.165) is 54.4 Å². The molecule has 1 aliphatic rings. The van der Waals surface area contributed by atoms with Gasteiger partial charge in [-0.25, -0.2) is 0 Å². The van der Waals surface area contributed by atoms with E-state index in [2.05, 4.69) is 13.8 Å². The number of hydrogen-bond acceptors (Lipinski definition) is 0. The van der Waals surface area contributed by atoms with Crippen molar-refractivity contribution in [3.8, 4) is 0 Å². The Morgan fingerprint density at radius 3 is 1.50 bits per heavy atom. The molecule has 1 atom stereocenters. The molecule has 1 saturated carbocycles. The molecule has 1 unspecified atom stereocenters. The van der Waals surface area contributed by atoms with E-state index in [1.807, 2.05) is 0 Å². The van der Waals surface area contributed by atoms with Gasteiger partial charge in [-0.05, 0) is 0 Å². The molecule has 0 aromatic heterocycles. The molecule has 0 nitrogen and oxygen atoms in total. The van der Waals surface area contributed by atoms with Gasteiger partial charge in [0.05, 0.1) is 0 Å². The summed E-state index contributed by atoms with van der Waals surface area (Å²) in [4.78, 5) is 0. The third kappa shape index (κ3) is 6.22. The first kappa shape index (κ1) is 11.5. The zero-order chi connectivity index (χ0) is 8.36. The van der Waals surface area contributed by atoms with Crippen molar-refractivity contribution in [3.63, 3.8) is 0 Å². The molecule has 0 N–H and O–H groups in total. The summed E-state index contributed by atoms with van der Waals surface area (Å²) in [7, 11) is -3.67. The van der Waals surface area contributed by atoms with Gasteiger partial charge in [-0.1, -0.05) is 0 Å². The van der Waals surface area contributed by atoms with Crippen LogP contribution in [0, 0.1) is 5.41 Å². The normalized spacial score (nSPS) is 26.5. The van der Waals surface area contributed by atoms with Gasteiger partial charge >= 0.3 is 82.2 Å². The van der Waals surface area contributed by atoms with Crippen LogP contribution in [0.25, 0.3) is 0 Å². The number of hydrogen-bond donors (Lipinski definition) is 0. The second-order valence-electron chi connectivity index (χ2n) is 3.34. The van der Waals surface area contributed by atoms with Crippen molar-refractivity contribution in [2.75, 3.05) is 0 Å². The number of rotatable bonds is 0. The zero-order valence-corrected chi connectivity index (χ0v) is 9.62. The molecular weight excluding hydrogens is 167 g/mol. The molecule has 0 amide bonds. The molecule has 54 valence electrons. The van der Waals surface area contributed by atoms with Crippen LogP contribution in [-0.4, -0.2) is 56.5 Å². The van der Waals surface area contributed by atoms with Gasteiger partial charge in [-0.3, -0.25) is 12.9 Å². The SMILES string of the molecule is CC1(C)C[CH]1[K].FB(F)F. The standard InChI is InChI=1S/C5H9.BF3.K/c1-5(2)3-4-5;2-1(3)4;/h3H,4H2,1-2H3;;. The summed E-state index contributed by atoms with van der Waals surface area (Å²) in [5.74, 6) is 0. The molecule has 1 fully saturated rings. The molecule has 0 aromatic carbocycles. The summed E-state index contributed by atoms with van der Waals surface area (Å²) in [6.07, 6.45) is 1.52. The van der Waals surface area contributed by atoms with Crippen LogP contribution in [0.2, 0.25) is 0.0125 Å². The van der Waals surface area contributed by atoms with Gasteiger partial charge in [0.2, 0.25) is 0 Å². The number of halogens is 3. The Morgan fingerprint density at radius 1 is 1.40 bits per heavy atom. The maximum atomic E-state index is 9.67.